The van der Waals surface area contributed by atoms with Gasteiger partial charge in [0, 0.05) is 25.6 Å². The van der Waals surface area contributed by atoms with Crippen molar-refractivity contribution in [2.24, 2.45) is 0 Å². The normalized spacial score (nSPS) is 17.1. The van der Waals surface area contributed by atoms with E-state index in [9.17, 15) is 0 Å². The fraction of sp³-hybridized carbons (Fsp3) is 0.391. The Morgan fingerprint density at radius 2 is 2.00 bits per heavy atom. The van der Waals surface area contributed by atoms with Crippen LogP contribution in [-0.4, -0.2) is 39.6 Å². The molecule has 2 N–H and O–H groups in total. The Morgan fingerprint density at radius 3 is 2.82 bits per heavy atom. The van der Waals surface area contributed by atoms with E-state index in [2.05, 4.69) is 71.5 Å². The molecule has 1 aliphatic rings. The summed E-state index contributed by atoms with van der Waals surface area (Å²) in [5.41, 5.74) is 6.14. The number of aromatic nitrogens is 2. The highest BCUT2D eigenvalue weighted by molar-refractivity contribution is 7.80. The van der Waals surface area contributed by atoms with Crippen molar-refractivity contribution in [3.8, 4) is 0 Å². The highest BCUT2D eigenvalue weighted by Gasteiger charge is 2.25. The Bertz CT molecular complexity index is 924. The van der Waals surface area contributed by atoms with E-state index < -0.39 is 0 Å². The molecule has 3 aromatic rings. The number of nitrogens with zero attached hydrogens (tertiary/aromatic N) is 2. The minimum absolute atomic E-state index is 0.399. The highest BCUT2D eigenvalue weighted by atomic mass is 32.1. The average Bonchev–Trinajstić information content (AvgIpc) is 3.12. The molecular weight excluding hydrogens is 364 g/mol. The summed E-state index contributed by atoms with van der Waals surface area (Å²) in [5, 5.41) is 4.31. The predicted octanol–water partition coefficient (Wildman–Crippen LogP) is 4.48. The van der Waals surface area contributed by atoms with Gasteiger partial charge in [0.25, 0.3) is 0 Å². The zero-order valence-electron chi connectivity index (χ0n) is 16.7. The summed E-state index contributed by atoms with van der Waals surface area (Å²) in [6.07, 6.45) is 3.28. The number of thiocarbonyl (C=S) groups is 1. The van der Waals surface area contributed by atoms with Gasteiger partial charge in [-0.1, -0.05) is 30.3 Å². The van der Waals surface area contributed by atoms with E-state index in [4.69, 9.17) is 17.2 Å². The van der Waals surface area contributed by atoms with Crippen molar-refractivity contribution in [2.45, 2.75) is 39.0 Å². The van der Waals surface area contributed by atoms with E-state index in [1.54, 1.807) is 0 Å². The van der Waals surface area contributed by atoms with Gasteiger partial charge in [0.05, 0.1) is 11.0 Å². The van der Waals surface area contributed by atoms with Gasteiger partial charge in [-0.15, -0.1) is 0 Å². The first-order valence-corrected chi connectivity index (χ1v) is 10.5. The Hall–Kier alpha value is -2.40. The number of likely N-dealkylation sites (tertiary alicyclic amines) is 1. The molecule has 0 radical (unpaired) electrons. The van der Waals surface area contributed by atoms with Crippen LogP contribution in [0.25, 0.3) is 11.0 Å². The summed E-state index contributed by atoms with van der Waals surface area (Å²) in [4.78, 5) is 10.7. The minimum Gasteiger partial charge on any atom is -0.362 e. The van der Waals surface area contributed by atoms with Crippen LogP contribution in [0.15, 0.2) is 42.5 Å². The van der Waals surface area contributed by atoms with E-state index in [-0.39, 0.29) is 0 Å². The van der Waals surface area contributed by atoms with E-state index >= 15 is 0 Å². The number of rotatable bonds is 4. The van der Waals surface area contributed by atoms with Gasteiger partial charge in [-0.2, -0.15) is 0 Å². The fourth-order valence-electron chi connectivity index (χ4n) is 3.94. The van der Waals surface area contributed by atoms with Crippen molar-refractivity contribution < 1.29 is 0 Å². The first-order chi connectivity index (χ1) is 13.6. The summed E-state index contributed by atoms with van der Waals surface area (Å²) in [5.74, 6) is 1.49. The Kier molecular flexibility index (Phi) is 5.62. The molecule has 1 fully saturated rings. The lowest BCUT2D eigenvalue weighted by Crippen LogP contribution is -2.45. The highest BCUT2D eigenvalue weighted by Crippen LogP contribution is 2.27. The second-order valence-electron chi connectivity index (χ2n) is 7.83. The van der Waals surface area contributed by atoms with Crippen LogP contribution < -0.4 is 5.32 Å². The smallest absolute Gasteiger partial charge is 0.168 e. The molecule has 4 rings (SSSR count). The van der Waals surface area contributed by atoms with Crippen LogP contribution in [0.3, 0.4) is 0 Å². The maximum atomic E-state index is 5.67. The van der Waals surface area contributed by atoms with E-state index in [1.165, 1.54) is 16.7 Å². The molecule has 1 aromatic heterocycles. The number of fused-ring (bicyclic) bond motifs is 1. The summed E-state index contributed by atoms with van der Waals surface area (Å²) in [7, 11) is 0. The number of H-pyrrole nitrogens is 1. The van der Waals surface area contributed by atoms with Crippen molar-refractivity contribution in [1.29, 1.82) is 0 Å². The van der Waals surface area contributed by atoms with Gasteiger partial charge in [-0.3, -0.25) is 0 Å². The molecular formula is C23H28N4S. The van der Waals surface area contributed by atoms with E-state index in [1.807, 2.05) is 0 Å². The molecule has 4 nitrogen and oxygen atoms in total. The van der Waals surface area contributed by atoms with Gasteiger partial charge in [0.2, 0.25) is 0 Å². The lowest BCUT2D eigenvalue weighted by molar-refractivity contribution is 0.300. The van der Waals surface area contributed by atoms with Crippen LogP contribution in [0.1, 0.15) is 41.3 Å². The third-order valence-electron chi connectivity index (χ3n) is 5.74. The maximum Gasteiger partial charge on any atom is 0.168 e. The molecule has 0 spiro atoms. The zero-order chi connectivity index (χ0) is 19.5. The molecule has 0 saturated carbocycles. The second-order valence-corrected chi connectivity index (χ2v) is 8.22. The summed E-state index contributed by atoms with van der Waals surface area (Å²) < 4.78 is 0. The van der Waals surface area contributed by atoms with Gasteiger partial charge in [0.15, 0.2) is 5.11 Å². The first-order valence-electron chi connectivity index (χ1n) is 10.1. The first kappa shape index (κ1) is 18.9. The fourth-order valence-corrected chi connectivity index (χ4v) is 4.21. The number of hydrogen-bond acceptors (Lipinski definition) is 2. The lowest BCUT2D eigenvalue weighted by Gasteiger charge is -2.33. The quantitative estimate of drug-likeness (QED) is 0.643. The molecule has 2 aromatic carbocycles. The Labute approximate surface area is 172 Å². The van der Waals surface area contributed by atoms with Crippen molar-refractivity contribution in [3.05, 3.63) is 65.0 Å². The maximum absolute atomic E-state index is 5.67. The van der Waals surface area contributed by atoms with Crippen molar-refractivity contribution >= 4 is 28.4 Å². The van der Waals surface area contributed by atoms with Crippen molar-refractivity contribution in [3.63, 3.8) is 0 Å². The predicted molar refractivity (Wildman–Crippen MR) is 120 cm³/mol. The van der Waals surface area contributed by atoms with Gasteiger partial charge in [-0.05, 0) is 74.2 Å². The molecule has 0 unspecified atom stereocenters. The Balaban J connectivity index is 1.38. The SMILES string of the molecule is Cc1cc2nc([C@H]3CCCN(C(=S)NCCc4ccccc4)C3)[nH]c2cc1C. The van der Waals surface area contributed by atoms with Crippen LogP contribution in [0.4, 0.5) is 0 Å². The van der Waals surface area contributed by atoms with Crippen molar-refractivity contribution in [1.82, 2.24) is 20.2 Å². The molecule has 146 valence electrons. The number of aromatic amines is 1. The van der Waals surface area contributed by atoms with Crippen LogP contribution in [0, 0.1) is 13.8 Å². The van der Waals surface area contributed by atoms with Crippen LogP contribution in [-0.2, 0) is 6.42 Å². The lowest BCUT2D eigenvalue weighted by atomic mass is 9.98. The standard InChI is InChI=1S/C23H28N4S/c1-16-13-20-21(14-17(16)2)26-22(25-20)19-9-6-12-27(15-19)23(28)24-11-10-18-7-4-3-5-8-18/h3-5,7-8,13-14,19H,6,9-12,15H2,1-2H3,(H,24,28)(H,25,26)/t19-/m0/s1. The summed E-state index contributed by atoms with van der Waals surface area (Å²) in [6.45, 7) is 7.11. The van der Waals surface area contributed by atoms with Gasteiger partial charge >= 0.3 is 0 Å². The molecule has 28 heavy (non-hydrogen) atoms. The largest absolute Gasteiger partial charge is 0.362 e. The van der Waals surface area contributed by atoms with Crippen LogP contribution in [0.2, 0.25) is 0 Å². The molecule has 5 heteroatoms. The number of imidazole rings is 1. The van der Waals surface area contributed by atoms with Crippen LogP contribution in [0.5, 0.6) is 0 Å². The number of aryl methyl sites for hydroxylation is 2. The zero-order valence-corrected chi connectivity index (χ0v) is 17.5. The average molecular weight is 393 g/mol. The molecule has 0 amide bonds. The molecule has 1 saturated heterocycles. The third kappa shape index (κ3) is 4.20. The number of benzene rings is 2. The molecule has 1 aliphatic heterocycles. The van der Waals surface area contributed by atoms with E-state index in [0.29, 0.717) is 5.92 Å². The third-order valence-corrected chi connectivity index (χ3v) is 6.15. The molecule has 0 bridgehead atoms. The van der Waals surface area contributed by atoms with Crippen LogP contribution >= 0.6 is 12.2 Å². The number of piperidine rings is 1. The number of hydrogen-bond donors (Lipinski definition) is 2. The topological polar surface area (TPSA) is 44.0 Å². The monoisotopic (exact) mass is 392 g/mol. The van der Waals surface area contributed by atoms with Gasteiger partial charge < -0.3 is 15.2 Å². The van der Waals surface area contributed by atoms with Gasteiger partial charge in [-0.25, -0.2) is 4.98 Å². The van der Waals surface area contributed by atoms with Gasteiger partial charge in [0.1, 0.15) is 5.82 Å². The van der Waals surface area contributed by atoms with E-state index in [0.717, 1.165) is 60.9 Å². The summed E-state index contributed by atoms with van der Waals surface area (Å²) >= 11 is 5.67. The Morgan fingerprint density at radius 1 is 1.21 bits per heavy atom. The molecule has 1 atom stereocenters. The molecule has 2 heterocycles. The molecule has 0 aliphatic carbocycles. The minimum atomic E-state index is 0.399. The second kappa shape index (κ2) is 8.31. The number of nitrogens with one attached hydrogen (secondary N) is 2. The van der Waals surface area contributed by atoms with Crippen molar-refractivity contribution in [2.75, 3.05) is 19.6 Å². The summed E-state index contributed by atoms with van der Waals surface area (Å²) in [6, 6.07) is 14.9.